The molecule has 6 nitrogen and oxygen atoms in total. The van der Waals surface area contributed by atoms with E-state index in [9.17, 15) is 13.2 Å². The molecule has 3 aromatic carbocycles. The van der Waals surface area contributed by atoms with Crippen molar-refractivity contribution in [3.05, 3.63) is 101 Å². The third-order valence-electron chi connectivity index (χ3n) is 5.59. The molecule has 170 valence electrons. The average Bonchev–Trinajstić information content (AvgIpc) is 3.25. The Morgan fingerprint density at radius 2 is 1.76 bits per heavy atom. The van der Waals surface area contributed by atoms with Gasteiger partial charge in [0.15, 0.2) is 15.4 Å². The molecule has 0 spiro atoms. The minimum absolute atomic E-state index is 0.214. The first-order valence-corrected chi connectivity index (χ1v) is 12.4. The summed E-state index contributed by atoms with van der Waals surface area (Å²) in [5.41, 5.74) is 2.08. The Balaban J connectivity index is 1.75. The molecule has 1 aliphatic rings. The van der Waals surface area contributed by atoms with E-state index in [4.69, 9.17) is 9.57 Å². The van der Waals surface area contributed by atoms with Crippen molar-refractivity contribution < 1.29 is 22.8 Å². The van der Waals surface area contributed by atoms with E-state index in [0.29, 0.717) is 16.8 Å². The van der Waals surface area contributed by atoms with Gasteiger partial charge in [-0.1, -0.05) is 65.3 Å². The highest BCUT2D eigenvalue weighted by Gasteiger charge is 2.46. The molecular weight excluding hydrogens is 438 g/mol. The summed E-state index contributed by atoms with van der Waals surface area (Å²) in [5, 5.41) is 4.27. The van der Waals surface area contributed by atoms with Crippen LogP contribution in [-0.2, 0) is 25.0 Å². The van der Waals surface area contributed by atoms with Crippen molar-refractivity contribution >= 4 is 21.5 Å². The van der Waals surface area contributed by atoms with E-state index in [1.807, 2.05) is 37.3 Å². The number of rotatable bonds is 7. The first-order valence-electron chi connectivity index (χ1n) is 10.7. The van der Waals surface area contributed by atoms with E-state index in [1.165, 1.54) is 0 Å². The average molecular weight is 464 g/mol. The van der Waals surface area contributed by atoms with Crippen LogP contribution in [0.2, 0.25) is 0 Å². The van der Waals surface area contributed by atoms with Crippen molar-refractivity contribution in [2.45, 2.75) is 30.8 Å². The van der Waals surface area contributed by atoms with E-state index < -0.39 is 21.4 Å². The second kappa shape index (κ2) is 9.19. The molecule has 0 unspecified atom stereocenters. The molecule has 1 aliphatic heterocycles. The Morgan fingerprint density at radius 3 is 2.45 bits per heavy atom. The molecule has 0 saturated heterocycles. The van der Waals surface area contributed by atoms with E-state index in [2.05, 4.69) is 5.16 Å². The maximum absolute atomic E-state index is 13.4. The Kier molecular flexibility index (Phi) is 6.33. The Labute approximate surface area is 193 Å². The van der Waals surface area contributed by atoms with Crippen LogP contribution in [0, 0.1) is 6.92 Å². The van der Waals surface area contributed by atoms with Crippen molar-refractivity contribution in [3.63, 3.8) is 0 Å². The van der Waals surface area contributed by atoms with Gasteiger partial charge in [-0.25, -0.2) is 13.2 Å². The SMILES string of the molecule is CCOC(=O)c1cccc([C@]2(CS(=O)(=O)c3ccc(C)cc3)CC(c3ccccc3)=NO2)c1. The first-order chi connectivity index (χ1) is 15.8. The monoisotopic (exact) mass is 463 g/mol. The lowest BCUT2D eigenvalue weighted by atomic mass is 9.88. The molecule has 0 aromatic heterocycles. The fraction of sp³-hybridized carbons (Fsp3) is 0.231. The molecule has 4 rings (SSSR count). The van der Waals surface area contributed by atoms with Crippen LogP contribution in [0.1, 0.15) is 40.4 Å². The van der Waals surface area contributed by atoms with Crippen molar-refractivity contribution in [2.75, 3.05) is 12.4 Å². The predicted octanol–water partition coefficient (Wildman–Crippen LogP) is 4.67. The number of benzene rings is 3. The zero-order valence-corrected chi connectivity index (χ0v) is 19.3. The molecule has 33 heavy (non-hydrogen) atoms. The largest absolute Gasteiger partial charge is 0.462 e. The lowest BCUT2D eigenvalue weighted by Gasteiger charge is -2.27. The van der Waals surface area contributed by atoms with Crippen LogP contribution >= 0.6 is 0 Å². The van der Waals surface area contributed by atoms with Crippen LogP contribution in [0.15, 0.2) is 88.9 Å². The molecule has 0 radical (unpaired) electrons. The van der Waals surface area contributed by atoms with Crippen LogP contribution in [-0.4, -0.2) is 32.5 Å². The number of nitrogens with zero attached hydrogens (tertiary/aromatic N) is 1. The van der Waals surface area contributed by atoms with Gasteiger partial charge in [-0.15, -0.1) is 0 Å². The quantitative estimate of drug-likeness (QED) is 0.476. The molecule has 0 amide bonds. The van der Waals surface area contributed by atoms with E-state index in [0.717, 1.165) is 11.1 Å². The number of hydrogen-bond acceptors (Lipinski definition) is 6. The lowest BCUT2D eigenvalue weighted by Crippen LogP contribution is -2.35. The number of aryl methyl sites for hydroxylation is 1. The lowest BCUT2D eigenvalue weighted by molar-refractivity contribution is -0.00457. The highest BCUT2D eigenvalue weighted by atomic mass is 32.2. The van der Waals surface area contributed by atoms with Crippen molar-refractivity contribution in [3.8, 4) is 0 Å². The summed E-state index contributed by atoms with van der Waals surface area (Å²) in [6.45, 7) is 3.88. The molecular formula is C26H25NO5S. The summed E-state index contributed by atoms with van der Waals surface area (Å²) in [6, 6.07) is 22.9. The van der Waals surface area contributed by atoms with Crippen molar-refractivity contribution in [2.24, 2.45) is 5.16 Å². The van der Waals surface area contributed by atoms with Crippen LogP contribution < -0.4 is 0 Å². The van der Waals surface area contributed by atoms with Crippen molar-refractivity contribution in [1.82, 2.24) is 0 Å². The molecule has 7 heteroatoms. The molecule has 0 aliphatic carbocycles. The van der Waals surface area contributed by atoms with Gasteiger partial charge in [0.2, 0.25) is 0 Å². The molecule has 0 N–H and O–H groups in total. The molecule has 0 saturated carbocycles. The minimum Gasteiger partial charge on any atom is -0.462 e. The maximum Gasteiger partial charge on any atom is 0.338 e. The first kappa shape index (κ1) is 22.7. The van der Waals surface area contributed by atoms with Gasteiger partial charge in [-0.3, -0.25) is 0 Å². The number of oxime groups is 1. The van der Waals surface area contributed by atoms with E-state index in [-0.39, 0.29) is 23.7 Å². The van der Waals surface area contributed by atoms with Gasteiger partial charge in [0.25, 0.3) is 0 Å². The predicted molar refractivity (Wildman–Crippen MR) is 126 cm³/mol. The van der Waals surface area contributed by atoms with Gasteiger partial charge in [0, 0.05) is 12.0 Å². The standard InChI is InChI=1S/C26H25NO5S/c1-3-31-25(28)21-10-7-11-22(16-21)26(17-24(27-32-26)20-8-5-4-6-9-20)18-33(29,30)23-14-12-19(2)13-15-23/h4-16H,3,17-18H2,1-2H3/t26-/m1/s1. The zero-order chi connectivity index (χ0) is 23.5. The van der Waals surface area contributed by atoms with Crippen LogP contribution in [0.25, 0.3) is 0 Å². The summed E-state index contributed by atoms with van der Waals surface area (Å²) in [7, 11) is -3.73. The number of carbonyl (C=O) groups excluding carboxylic acids is 1. The fourth-order valence-corrected chi connectivity index (χ4v) is 5.51. The van der Waals surface area contributed by atoms with Gasteiger partial charge in [0.05, 0.1) is 22.8 Å². The van der Waals surface area contributed by atoms with E-state index in [1.54, 1.807) is 55.5 Å². The topological polar surface area (TPSA) is 82.0 Å². The summed E-state index contributed by atoms with van der Waals surface area (Å²) in [6.07, 6.45) is 0.244. The fourth-order valence-electron chi connectivity index (χ4n) is 3.86. The molecule has 1 atom stereocenters. The van der Waals surface area contributed by atoms with E-state index >= 15 is 0 Å². The Bertz CT molecular complexity index is 1280. The number of hydrogen-bond donors (Lipinski definition) is 0. The third kappa shape index (κ3) is 4.83. The zero-order valence-electron chi connectivity index (χ0n) is 18.5. The number of ether oxygens (including phenoxy) is 1. The van der Waals surface area contributed by atoms with Crippen LogP contribution in [0.4, 0.5) is 0 Å². The summed E-state index contributed by atoms with van der Waals surface area (Å²) >= 11 is 0. The highest BCUT2D eigenvalue weighted by molar-refractivity contribution is 7.91. The summed E-state index contributed by atoms with van der Waals surface area (Å²) in [4.78, 5) is 18.5. The van der Waals surface area contributed by atoms with Gasteiger partial charge in [-0.2, -0.15) is 0 Å². The Morgan fingerprint density at radius 1 is 1.03 bits per heavy atom. The van der Waals surface area contributed by atoms with Crippen molar-refractivity contribution in [1.29, 1.82) is 0 Å². The Hall–Kier alpha value is -3.45. The van der Waals surface area contributed by atoms with Crippen LogP contribution in [0.5, 0.6) is 0 Å². The number of esters is 1. The number of carbonyl (C=O) groups is 1. The second-order valence-electron chi connectivity index (χ2n) is 8.04. The smallest absolute Gasteiger partial charge is 0.338 e. The number of sulfone groups is 1. The van der Waals surface area contributed by atoms with Gasteiger partial charge < -0.3 is 9.57 Å². The third-order valence-corrected chi connectivity index (χ3v) is 7.43. The summed E-state index contributed by atoms with van der Waals surface area (Å²) in [5.74, 6) is -0.798. The van der Waals surface area contributed by atoms with Crippen LogP contribution in [0.3, 0.4) is 0 Å². The highest BCUT2D eigenvalue weighted by Crippen LogP contribution is 2.39. The molecule has 0 bridgehead atoms. The maximum atomic E-state index is 13.4. The molecule has 1 heterocycles. The van der Waals surface area contributed by atoms with Gasteiger partial charge in [-0.05, 0) is 43.7 Å². The van der Waals surface area contributed by atoms with Gasteiger partial charge in [0.1, 0.15) is 5.75 Å². The summed E-state index contributed by atoms with van der Waals surface area (Å²) < 4.78 is 32.0. The molecule has 0 fully saturated rings. The normalized spacial score (nSPS) is 17.8. The second-order valence-corrected chi connectivity index (χ2v) is 10.0. The minimum atomic E-state index is -3.73. The molecule has 3 aromatic rings. The van der Waals surface area contributed by atoms with Gasteiger partial charge >= 0.3 is 5.97 Å².